The van der Waals surface area contributed by atoms with Gasteiger partial charge < -0.3 is 19.5 Å². The maximum atomic E-state index is 12.6. The molecular formula is C23H29NO6S. The summed E-state index contributed by atoms with van der Waals surface area (Å²) in [6, 6.07) is 7.53. The van der Waals surface area contributed by atoms with Crippen LogP contribution in [0.3, 0.4) is 0 Å². The Balaban J connectivity index is 2.23. The molecule has 0 aliphatic heterocycles. The van der Waals surface area contributed by atoms with E-state index in [1.807, 2.05) is 24.3 Å². The number of ether oxygens (including phenoxy) is 3. The van der Waals surface area contributed by atoms with Gasteiger partial charge in [-0.05, 0) is 43.4 Å². The third-order valence-electron chi connectivity index (χ3n) is 4.39. The first-order chi connectivity index (χ1) is 14.6. The molecule has 168 valence electrons. The normalized spacial score (nSPS) is 11.0. The van der Waals surface area contributed by atoms with E-state index in [0.29, 0.717) is 11.3 Å². The first-order valence-electron chi connectivity index (χ1n) is 10.1. The SMILES string of the molecule is CCOC(=O)c1sc(NC(=O)COc2ccccc2C(C)(C)C)c(C(=O)OCC)c1C. The number of amides is 1. The Morgan fingerprint density at radius 3 is 2.23 bits per heavy atom. The standard InChI is InChI=1S/C23H29NO6S/c1-7-28-21(26)18-14(3)19(22(27)29-8-2)31-20(18)24-17(25)13-30-16-12-10-9-11-15(16)23(4,5)6/h9-12H,7-8,13H2,1-6H3,(H,24,25). The lowest BCUT2D eigenvalue weighted by atomic mass is 9.86. The van der Waals surface area contributed by atoms with Crippen LogP contribution < -0.4 is 10.1 Å². The summed E-state index contributed by atoms with van der Waals surface area (Å²) < 4.78 is 15.9. The average Bonchev–Trinajstić information content (AvgIpc) is 3.02. The first-order valence-corrected chi connectivity index (χ1v) is 10.9. The van der Waals surface area contributed by atoms with Gasteiger partial charge in [-0.3, -0.25) is 4.79 Å². The van der Waals surface area contributed by atoms with Crippen molar-refractivity contribution in [2.24, 2.45) is 0 Å². The van der Waals surface area contributed by atoms with Crippen LogP contribution in [0.2, 0.25) is 0 Å². The summed E-state index contributed by atoms with van der Waals surface area (Å²) in [6.45, 7) is 11.3. The third kappa shape index (κ3) is 6.07. The highest BCUT2D eigenvalue weighted by Crippen LogP contribution is 2.35. The minimum Gasteiger partial charge on any atom is -0.483 e. The van der Waals surface area contributed by atoms with Gasteiger partial charge in [-0.25, -0.2) is 9.59 Å². The molecule has 1 heterocycles. The topological polar surface area (TPSA) is 90.9 Å². The molecule has 0 fully saturated rings. The molecular weight excluding hydrogens is 418 g/mol. The molecule has 2 aromatic rings. The number of carbonyl (C=O) groups is 3. The lowest BCUT2D eigenvalue weighted by Crippen LogP contribution is -2.22. The fourth-order valence-corrected chi connectivity index (χ4v) is 4.06. The van der Waals surface area contributed by atoms with Crippen molar-refractivity contribution in [2.75, 3.05) is 25.1 Å². The van der Waals surface area contributed by atoms with Crippen molar-refractivity contribution in [1.29, 1.82) is 0 Å². The zero-order valence-electron chi connectivity index (χ0n) is 18.8. The number of hydrogen-bond donors (Lipinski definition) is 1. The molecule has 0 unspecified atom stereocenters. The van der Waals surface area contributed by atoms with E-state index in [0.717, 1.165) is 16.9 Å². The first kappa shape index (κ1) is 24.4. The predicted octanol–water partition coefficient (Wildman–Crippen LogP) is 4.72. The minimum atomic E-state index is -0.610. The van der Waals surface area contributed by atoms with E-state index in [1.165, 1.54) is 0 Å². The number of thiophene rings is 1. The highest BCUT2D eigenvalue weighted by atomic mass is 32.1. The summed E-state index contributed by atoms with van der Waals surface area (Å²) in [4.78, 5) is 37.5. The smallest absolute Gasteiger partial charge is 0.348 e. The molecule has 31 heavy (non-hydrogen) atoms. The van der Waals surface area contributed by atoms with Crippen molar-refractivity contribution in [3.05, 3.63) is 45.8 Å². The molecule has 0 saturated carbocycles. The number of benzene rings is 1. The average molecular weight is 448 g/mol. The molecule has 1 aromatic heterocycles. The van der Waals surface area contributed by atoms with Crippen LogP contribution in [0.5, 0.6) is 5.75 Å². The van der Waals surface area contributed by atoms with E-state index < -0.39 is 17.8 Å². The van der Waals surface area contributed by atoms with Crippen LogP contribution in [0.25, 0.3) is 0 Å². The third-order valence-corrected chi connectivity index (χ3v) is 5.58. The van der Waals surface area contributed by atoms with Gasteiger partial charge in [0.2, 0.25) is 0 Å². The predicted molar refractivity (Wildman–Crippen MR) is 120 cm³/mol. The molecule has 8 heteroatoms. The van der Waals surface area contributed by atoms with Gasteiger partial charge in [0, 0.05) is 0 Å². The van der Waals surface area contributed by atoms with E-state index in [1.54, 1.807) is 20.8 Å². The molecule has 1 N–H and O–H groups in total. The lowest BCUT2D eigenvalue weighted by Gasteiger charge is -2.22. The van der Waals surface area contributed by atoms with Crippen molar-refractivity contribution < 1.29 is 28.6 Å². The van der Waals surface area contributed by atoms with Crippen LogP contribution in [0.15, 0.2) is 24.3 Å². The Morgan fingerprint density at radius 2 is 1.61 bits per heavy atom. The summed E-state index contributed by atoms with van der Waals surface area (Å²) in [5.41, 5.74) is 1.39. The molecule has 0 spiro atoms. The second-order valence-electron chi connectivity index (χ2n) is 7.78. The van der Waals surface area contributed by atoms with Crippen LogP contribution in [0.4, 0.5) is 5.00 Å². The van der Waals surface area contributed by atoms with Crippen molar-refractivity contribution >= 4 is 34.2 Å². The molecule has 1 aromatic carbocycles. The highest BCUT2D eigenvalue weighted by molar-refractivity contribution is 7.18. The number of rotatable bonds is 8. The van der Waals surface area contributed by atoms with E-state index in [4.69, 9.17) is 14.2 Å². The van der Waals surface area contributed by atoms with Crippen molar-refractivity contribution in [1.82, 2.24) is 0 Å². The Kier molecular flexibility index (Phi) is 8.21. The van der Waals surface area contributed by atoms with Gasteiger partial charge in [-0.1, -0.05) is 39.0 Å². The lowest BCUT2D eigenvalue weighted by molar-refractivity contribution is -0.118. The quantitative estimate of drug-likeness (QED) is 0.589. The Bertz CT molecular complexity index is 957. The fourth-order valence-electron chi connectivity index (χ4n) is 2.96. The van der Waals surface area contributed by atoms with Crippen LogP contribution in [-0.2, 0) is 19.7 Å². The van der Waals surface area contributed by atoms with E-state index in [2.05, 4.69) is 26.1 Å². The summed E-state index contributed by atoms with van der Waals surface area (Å²) in [5, 5.41) is 2.92. The van der Waals surface area contributed by atoms with Gasteiger partial charge >= 0.3 is 11.9 Å². The van der Waals surface area contributed by atoms with Gasteiger partial charge in [-0.2, -0.15) is 0 Å². The second kappa shape index (κ2) is 10.4. The zero-order chi connectivity index (χ0) is 23.2. The van der Waals surface area contributed by atoms with E-state index in [9.17, 15) is 14.4 Å². The van der Waals surface area contributed by atoms with Gasteiger partial charge in [0.25, 0.3) is 5.91 Å². The number of anilines is 1. The molecule has 0 radical (unpaired) electrons. The number of para-hydroxylation sites is 1. The van der Waals surface area contributed by atoms with Gasteiger partial charge in [0.15, 0.2) is 6.61 Å². The van der Waals surface area contributed by atoms with Crippen molar-refractivity contribution in [3.8, 4) is 5.75 Å². The Labute approximate surface area is 186 Å². The number of hydrogen-bond acceptors (Lipinski definition) is 7. The van der Waals surface area contributed by atoms with Crippen LogP contribution >= 0.6 is 11.3 Å². The Morgan fingerprint density at radius 1 is 1.00 bits per heavy atom. The largest absolute Gasteiger partial charge is 0.483 e. The highest BCUT2D eigenvalue weighted by Gasteiger charge is 2.27. The van der Waals surface area contributed by atoms with Gasteiger partial charge in [0.1, 0.15) is 15.6 Å². The molecule has 0 aliphatic carbocycles. The summed E-state index contributed by atoms with van der Waals surface area (Å²) in [7, 11) is 0. The van der Waals surface area contributed by atoms with E-state index in [-0.39, 0.29) is 40.7 Å². The molecule has 0 aliphatic rings. The number of esters is 2. The minimum absolute atomic E-state index is 0.149. The maximum absolute atomic E-state index is 12.6. The molecule has 0 atom stereocenters. The summed E-state index contributed by atoms with van der Waals surface area (Å²) >= 11 is 0.983. The zero-order valence-corrected chi connectivity index (χ0v) is 19.6. The second-order valence-corrected chi connectivity index (χ2v) is 8.80. The van der Waals surface area contributed by atoms with Crippen LogP contribution in [-0.4, -0.2) is 37.7 Å². The fraction of sp³-hybridized carbons (Fsp3) is 0.435. The molecule has 7 nitrogen and oxygen atoms in total. The van der Waals surface area contributed by atoms with Crippen LogP contribution in [0, 0.1) is 6.92 Å². The maximum Gasteiger partial charge on any atom is 0.348 e. The van der Waals surface area contributed by atoms with Crippen LogP contribution in [0.1, 0.15) is 65.8 Å². The monoisotopic (exact) mass is 447 g/mol. The molecule has 1 amide bonds. The van der Waals surface area contributed by atoms with Crippen molar-refractivity contribution in [3.63, 3.8) is 0 Å². The van der Waals surface area contributed by atoms with Crippen molar-refractivity contribution in [2.45, 2.75) is 47.0 Å². The molecule has 0 bridgehead atoms. The summed E-state index contributed by atoms with van der Waals surface area (Å²) in [5.74, 6) is -0.997. The molecule has 2 rings (SSSR count). The van der Waals surface area contributed by atoms with Gasteiger partial charge in [0.05, 0.1) is 18.8 Å². The summed E-state index contributed by atoms with van der Waals surface area (Å²) in [6.07, 6.45) is 0. The number of carbonyl (C=O) groups excluding carboxylic acids is 3. The number of nitrogens with one attached hydrogen (secondary N) is 1. The Hall–Kier alpha value is -2.87. The molecule has 0 saturated heterocycles. The van der Waals surface area contributed by atoms with Gasteiger partial charge in [-0.15, -0.1) is 11.3 Å². The van der Waals surface area contributed by atoms with E-state index >= 15 is 0 Å².